The Morgan fingerprint density at radius 2 is 1.96 bits per heavy atom. The van der Waals surface area contributed by atoms with Gasteiger partial charge in [0.25, 0.3) is 0 Å². The SMILES string of the molecule is CCCCCCc1cc(=O)c(Oc2ccccc2C#N)cn1C. The van der Waals surface area contributed by atoms with Crippen molar-refractivity contribution >= 4 is 0 Å². The van der Waals surface area contributed by atoms with Gasteiger partial charge in [0.1, 0.15) is 11.8 Å². The van der Waals surface area contributed by atoms with E-state index in [1.54, 1.807) is 36.5 Å². The lowest BCUT2D eigenvalue weighted by molar-refractivity contribution is 0.468. The van der Waals surface area contributed by atoms with Crippen LogP contribution in [0.1, 0.15) is 43.9 Å². The van der Waals surface area contributed by atoms with E-state index < -0.39 is 0 Å². The highest BCUT2D eigenvalue weighted by Crippen LogP contribution is 2.22. The molecule has 0 atom stereocenters. The van der Waals surface area contributed by atoms with E-state index in [9.17, 15) is 4.79 Å². The topological polar surface area (TPSA) is 55.0 Å². The Balaban J connectivity index is 2.17. The van der Waals surface area contributed by atoms with Crippen molar-refractivity contribution in [1.29, 1.82) is 5.26 Å². The zero-order valence-corrected chi connectivity index (χ0v) is 13.7. The molecule has 0 fully saturated rings. The second-order valence-electron chi connectivity index (χ2n) is 5.62. The molecule has 4 nitrogen and oxygen atoms in total. The van der Waals surface area contributed by atoms with Gasteiger partial charge in [-0.05, 0) is 25.0 Å². The Hall–Kier alpha value is -2.54. The first-order valence-corrected chi connectivity index (χ1v) is 8.02. The Labute approximate surface area is 137 Å². The summed E-state index contributed by atoms with van der Waals surface area (Å²) in [6.07, 6.45) is 7.27. The lowest BCUT2D eigenvalue weighted by Crippen LogP contribution is -2.12. The molecule has 0 unspecified atom stereocenters. The zero-order chi connectivity index (χ0) is 16.7. The van der Waals surface area contributed by atoms with Gasteiger partial charge >= 0.3 is 0 Å². The van der Waals surface area contributed by atoms with E-state index in [4.69, 9.17) is 10.00 Å². The molecule has 4 heteroatoms. The number of aromatic nitrogens is 1. The monoisotopic (exact) mass is 310 g/mol. The van der Waals surface area contributed by atoms with Crippen molar-refractivity contribution in [1.82, 2.24) is 4.57 Å². The number of aryl methyl sites for hydroxylation is 2. The lowest BCUT2D eigenvalue weighted by atomic mass is 10.1. The van der Waals surface area contributed by atoms with Crippen LogP contribution in [0.5, 0.6) is 11.5 Å². The highest BCUT2D eigenvalue weighted by molar-refractivity contribution is 5.44. The van der Waals surface area contributed by atoms with Gasteiger partial charge in [-0.1, -0.05) is 38.3 Å². The summed E-state index contributed by atoms with van der Waals surface area (Å²) in [6, 6.07) is 10.6. The van der Waals surface area contributed by atoms with Crippen LogP contribution in [0, 0.1) is 11.3 Å². The van der Waals surface area contributed by atoms with Gasteiger partial charge in [0.15, 0.2) is 5.75 Å². The molecule has 0 bridgehead atoms. The molecule has 1 heterocycles. The molecule has 0 radical (unpaired) electrons. The molecule has 0 aliphatic heterocycles. The summed E-state index contributed by atoms with van der Waals surface area (Å²) in [5.41, 5.74) is 1.27. The van der Waals surface area contributed by atoms with E-state index in [-0.39, 0.29) is 11.2 Å². The maximum atomic E-state index is 12.3. The third kappa shape index (κ3) is 4.46. The van der Waals surface area contributed by atoms with Crippen LogP contribution in [0.3, 0.4) is 0 Å². The highest BCUT2D eigenvalue weighted by Gasteiger charge is 2.09. The van der Waals surface area contributed by atoms with E-state index in [2.05, 4.69) is 13.0 Å². The highest BCUT2D eigenvalue weighted by atomic mass is 16.5. The fourth-order valence-corrected chi connectivity index (χ4v) is 2.47. The Bertz CT molecular complexity index is 757. The summed E-state index contributed by atoms with van der Waals surface area (Å²) in [4.78, 5) is 12.3. The third-order valence-corrected chi connectivity index (χ3v) is 3.82. The van der Waals surface area contributed by atoms with E-state index in [1.165, 1.54) is 19.3 Å². The minimum atomic E-state index is -0.152. The smallest absolute Gasteiger partial charge is 0.224 e. The molecule has 1 aromatic carbocycles. The van der Waals surface area contributed by atoms with Crippen LogP contribution in [0.4, 0.5) is 0 Å². The van der Waals surface area contributed by atoms with Gasteiger partial charge < -0.3 is 9.30 Å². The quantitative estimate of drug-likeness (QED) is 0.721. The fourth-order valence-electron chi connectivity index (χ4n) is 2.47. The molecule has 2 aromatic rings. The van der Waals surface area contributed by atoms with Crippen LogP contribution in [0.15, 0.2) is 41.3 Å². The van der Waals surface area contributed by atoms with Crippen LogP contribution < -0.4 is 10.2 Å². The number of benzene rings is 1. The van der Waals surface area contributed by atoms with Crippen LogP contribution in [0.25, 0.3) is 0 Å². The molecular formula is C19H22N2O2. The van der Waals surface area contributed by atoms with Crippen molar-refractivity contribution < 1.29 is 4.74 Å². The molecule has 1 aromatic heterocycles. The summed E-state index contributed by atoms with van der Waals surface area (Å²) >= 11 is 0. The summed E-state index contributed by atoms with van der Waals surface area (Å²) in [6.45, 7) is 2.18. The Morgan fingerprint density at radius 3 is 2.70 bits per heavy atom. The van der Waals surface area contributed by atoms with Gasteiger partial charge in [-0.15, -0.1) is 0 Å². The lowest BCUT2D eigenvalue weighted by Gasteiger charge is -2.12. The van der Waals surface area contributed by atoms with E-state index in [0.717, 1.165) is 18.5 Å². The number of para-hydroxylation sites is 1. The van der Waals surface area contributed by atoms with Crippen molar-refractivity contribution in [2.75, 3.05) is 0 Å². The predicted molar refractivity (Wildman–Crippen MR) is 90.8 cm³/mol. The molecule has 0 amide bonds. The van der Waals surface area contributed by atoms with Crippen molar-refractivity contribution in [3.8, 4) is 17.6 Å². The molecule has 0 aliphatic rings. The van der Waals surface area contributed by atoms with Crippen molar-refractivity contribution in [2.24, 2.45) is 7.05 Å². The third-order valence-electron chi connectivity index (χ3n) is 3.82. The number of unbranched alkanes of at least 4 members (excludes halogenated alkanes) is 3. The van der Waals surface area contributed by atoms with Gasteiger partial charge in [0.2, 0.25) is 5.43 Å². The van der Waals surface area contributed by atoms with E-state index in [1.807, 2.05) is 11.6 Å². The van der Waals surface area contributed by atoms with Crippen molar-refractivity contribution in [3.05, 3.63) is 58.0 Å². The second-order valence-corrected chi connectivity index (χ2v) is 5.62. The minimum Gasteiger partial charge on any atom is -0.450 e. The normalized spacial score (nSPS) is 10.3. The maximum absolute atomic E-state index is 12.3. The molecule has 2 rings (SSSR count). The number of ether oxygens (including phenoxy) is 1. The minimum absolute atomic E-state index is 0.152. The number of hydrogen-bond acceptors (Lipinski definition) is 3. The standard InChI is InChI=1S/C19H22N2O2/c1-3-4-5-6-10-16-12-17(22)19(14-21(16)2)23-18-11-8-7-9-15(18)13-20/h7-9,11-12,14H,3-6,10H2,1-2H3. The van der Waals surface area contributed by atoms with Crippen LogP contribution >= 0.6 is 0 Å². The largest absolute Gasteiger partial charge is 0.450 e. The van der Waals surface area contributed by atoms with Gasteiger partial charge in [-0.25, -0.2) is 0 Å². The van der Waals surface area contributed by atoms with Gasteiger partial charge in [0, 0.05) is 18.8 Å². The zero-order valence-electron chi connectivity index (χ0n) is 13.7. The second kappa shape index (κ2) is 8.19. The Kier molecular flexibility index (Phi) is 5.99. The molecule has 23 heavy (non-hydrogen) atoms. The summed E-state index contributed by atoms with van der Waals surface area (Å²) in [7, 11) is 1.91. The first-order valence-electron chi connectivity index (χ1n) is 8.02. The summed E-state index contributed by atoms with van der Waals surface area (Å²) < 4.78 is 7.58. The molecule has 0 saturated carbocycles. The van der Waals surface area contributed by atoms with E-state index >= 15 is 0 Å². The van der Waals surface area contributed by atoms with Crippen LogP contribution in [0.2, 0.25) is 0 Å². The predicted octanol–water partition coefficient (Wildman–Crippen LogP) is 4.17. The van der Waals surface area contributed by atoms with Crippen LogP contribution in [-0.2, 0) is 13.5 Å². The van der Waals surface area contributed by atoms with Gasteiger partial charge in [-0.3, -0.25) is 4.79 Å². The number of nitrogens with zero attached hydrogens (tertiary/aromatic N) is 2. The number of nitriles is 1. The molecule has 0 aliphatic carbocycles. The fraction of sp³-hybridized carbons (Fsp3) is 0.368. The van der Waals surface area contributed by atoms with Gasteiger partial charge in [-0.2, -0.15) is 5.26 Å². The van der Waals surface area contributed by atoms with Crippen molar-refractivity contribution in [3.63, 3.8) is 0 Å². The maximum Gasteiger partial charge on any atom is 0.224 e. The van der Waals surface area contributed by atoms with Gasteiger partial charge in [0.05, 0.1) is 11.8 Å². The molecule has 0 saturated heterocycles. The first-order chi connectivity index (χ1) is 11.2. The molecule has 120 valence electrons. The molecular weight excluding hydrogens is 288 g/mol. The van der Waals surface area contributed by atoms with Crippen LogP contribution in [-0.4, -0.2) is 4.57 Å². The van der Waals surface area contributed by atoms with E-state index in [0.29, 0.717) is 11.3 Å². The molecule has 0 N–H and O–H groups in total. The average Bonchev–Trinajstić information content (AvgIpc) is 2.56. The Morgan fingerprint density at radius 1 is 1.17 bits per heavy atom. The summed E-state index contributed by atoms with van der Waals surface area (Å²) in [5, 5.41) is 9.09. The molecule has 0 spiro atoms. The number of pyridine rings is 1. The number of rotatable bonds is 7. The number of hydrogen-bond donors (Lipinski definition) is 0. The van der Waals surface area contributed by atoms with Crippen molar-refractivity contribution in [2.45, 2.75) is 39.0 Å². The average molecular weight is 310 g/mol. The first kappa shape index (κ1) is 16.8. The summed E-state index contributed by atoms with van der Waals surface area (Å²) in [5.74, 6) is 0.648.